The first-order chi connectivity index (χ1) is 12.1. The number of fused-ring (bicyclic) bond motifs is 2. The van der Waals surface area contributed by atoms with Crippen LogP contribution in [0.25, 0.3) is 0 Å². The van der Waals surface area contributed by atoms with Gasteiger partial charge in [-0.2, -0.15) is 13.5 Å². The highest BCUT2D eigenvalue weighted by Gasteiger charge is 2.49. The van der Waals surface area contributed by atoms with Crippen LogP contribution in [0.1, 0.15) is 32.6 Å². The van der Waals surface area contributed by atoms with Gasteiger partial charge in [0.15, 0.2) is 0 Å². The Morgan fingerprint density at radius 3 is 2.77 bits per heavy atom. The average Bonchev–Trinajstić information content (AvgIpc) is 2.80. The number of cyclic esters (lactones) is 1. The number of carbonyl (C=O) groups is 3. The van der Waals surface area contributed by atoms with Gasteiger partial charge in [-0.15, -0.1) is 4.28 Å². The standard InChI is InChI=1S/C14H21N3O8S/c1-14(5-2-6-23-12(14)19)8-24-26(21,22)25-17-9-3-4-10(11(15)18)16(7-9)13(17)20/h9-10H,2-8H2,1H3,(H2,15,18). The summed E-state index contributed by atoms with van der Waals surface area (Å²) in [6, 6.07) is -2.06. The molecular formula is C14H21N3O8S. The van der Waals surface area contributed by atoms with Gasteiger partial charge in [-0.25, -0.2) is 8.98 Å². The molecule has 3 aliphatic heterocycles. The highest BCUT2D eigenvalue weighted by Crippen LogP contribution is 2.32. The lowest BCUT2D eigenvalue weighted by atomic mass is 9.85. The normalized spacial score (nSPS) is 31.9. The first kappa shape index (κ1) is 18.9. The number of primary amides is 1. The van der Waals surface area contributed by atoms with Crippen LogP contribution in [-0.4, -0.2) is 68.1 Å². The second-order valence-electron chi connectivity index (χ2n) is 6.96. The lowest BCUT2D eigenvalue weighted by Crippen LogP contribution is -2.47. The maximum absolute atomic E-state index is 12.3. The number of hydrogen-bond acceptors (Lipinski definition) is 8. The Hall–Kier alpha value is -1.92. The molecule has 0 spiro atoms. The van der Waals surface area contributed by atoms with Gasteiger partial charge < -0.3 is 15.4 Å². The summed E-state index contributed by atoms with van der Waals surface area (Å²) in [4.78, 5) is 36.7. The monoisotopic (exact) mass is 391 g/mol. The van der Waals surface area contributed by atoms with E-state index in [1.165, 1.54) is 4.90 Å². The number of piperidine rings is 1. The number of esters is 1. The van der Waals surface area contributed by atoms with Gasteiger partial charge in [0.2, 0.25) is 5.91 Å². The molecule has 26 heavy (non-hydrogen) atoms. The predicted octanol–water partition coefficient (Wildman–Crippen LogP) is -0.723. The second kappa shape index (κ2) is 6.67. The Kier molecular flexibility index (Phi) is 4.84. The number of urea groups is 1. The van der Waals surface area contributed by atoms with Crippen LogP contribution in [0.5, 0.6) is 0 Å². The highest BCUT2D eigenvalue weighted by atomic mass is 32.3. The Morgan fingerprint density at radius 2 is 2.12 bits per heavy atom. The molecular weight excluding hydrogens is 370 g/mol. The molecule has 0 saturated carbocycles. The molecule has 3 rings (SSSR count). The zero-order chi connectivity index (χ0) is 19.1. The number of nitrogens with zero attached hydrogens (tertiary/aromatic N) is 2. The quantitative estimate of drug-likeness (QED) is 0.584. The average molecular weight is 391 g/mol. The van der Waals surface area contributed by atoms with E-state index in [1.54, 1.807) is 6.92 Å². The van der Waals surface area contributed by atoms with E-state index in [1.807, 2.05) is 0 Å². The Labute approximate surface area is 150 Å². The van der Waals surface area contributed by atoms with E-state index in [0.717, 1.165) is 0 Å². The predicted molar refractivity (Wildman–Crippen MR) is 84.2 cm³/mol. The van der Waals surface area contributed by atoms with Crippen LogP contribution in [0.4, 0.5) is 4.79 Å². The lowest BCUT2D eigenvalue weighted by Gasteiger charge is -2.30. The van der Waals surface area contributed by atoms with Crippen LogP contribution in [0.2, 0.25) is 0 Å². The zero-order valence-corrected chi connectivity index (χ0v) is 15.1. The fraction of sp³-hybridized carbons (Fsp3) is 0.786. The molecule has 3 atom stereocenters. The van der Waals surface area contributed by atoms with E-state index < -0.39 is 52.4 Å². The van der Waals surface area contributed by atoms with E-state index in [2.05, 4.69) is 0 Å². The van der Waals surface area contributed by atoms with Crippen molar-refractivity contribution in [1.82, 2.24) is 9.96 Å². The van der Waals surface area contributed by atoms with Crippen molar-refractivity contribution in [2.24, 2.45) is 11.1 Å². The molecule has 3 aliphatic rings. The van der Waals surface area contributed by atoms with Crippen LogP contribution in [0, 0.1) is 5.41 Å². The summed E-state index contributed by atoms with van der Waals surface area (Å²) < 4.78 is 38.8. The van der Waals surface area contributed by atoms with Crippen molar-refractivity contribution in [1.29, 1.82) is 0 Å². The van der Waals surface area contributed by atoms with E-state index in [9.17, 15) is 22.8 Å². The summed E-state index contributed by atoms with van der Waals surface area (Å²) in [5.74, 6) is -1.19. The van der Waals surface area contributed by atoms with Gasteiger partial charge in [0.25, 0.3) is 0 Å². The first-order valence-electron chi connectivity index (χ1n) is 8.28. The van der Waals surface area contributed by atoms with Crippen molar-refractivity contribution in [3.63, 3.8) is 0 Å². The molecule has 0 aromatic carbocycles. The lowest BCUT2D eigenvalue weighted by molar-refractivity contribution is -0.163. The number of carbonyl (C=O) groups excluding carboxylic acids is 3. The highest BCUT2D eigenvalue weighted by molar-refractivity contribution is 7.81. The molecule has 3 unspecified atom stereocenters. The molecule has 0 aromatic rings. The Morgan fingerprint density at radius 1 is 1.38 bits per heavy atom. The van der Waals surface area contributed by atoms with Crippen LogP contribution < -0.4 is 5.73 Å². The number of nitrogens with two attached hydrogens (primary N) is 1. The fourth-order valence-corrected chi connectivity index (χ4v) is 4.21. The van der Waals surface area contributed by atoms with Gasteiger partial charge in [0.1, 0.15) is 6.04 Å². The molecule has 2 bridgehead atoms. The van der Waals surface area contributed by atoms with Gasteiger partial charge in [-0.3, -0.25) is 9.59 Å². The van der Waals surface area contributed by atoms with Crippen molar-refractivity contribution < 1.29 is 36.0 Å². The molecule has 0 aromatic heterocycles. The minimum Gasteiger partial charge on any atom is -0.465 e. The van der Waals surface area contributed by atoms with Gasteiger partial charge in [-0.05, 0) is 32.6 Å². The summed E-state index contributed by atoms with van der Waals surface area (Å²) in [5, 5.41) is 0.694. The molecule has 12 heteroatoms. The number of hydrogen-bond donors (Lipinski definition) is 1. The molecule has 3 saturated heterocycles. The largest absolute Gasteiger partial charge is 0.465 e. The molecule has 2 N–H and O–H groups in total. The Bertz CT molecular complexity index is 726. The molecule has 3 fully saturated rings. The van der Waals surface area contributed by atoms with Crippen molar-refractivity contribution >= 4 is 28.3 Å². The summed E-state index contributed by atoms with van der Waals surface area (Å²) >= 11 is 0. The summed E-state index contributed by atoms with van der Waals surface area (Å²) in [6.45, 7) is 1.53. The van der Waals surface area contributed by atoms with E-state index in [4.69, 9.17) is 18.9 Å². The van der Waals surface area contributed by atoms with Crippen LogP contribution >= 0.6 is 0 Å². The minimum absolute atomic E-state index is 0.145. The molecule has 0 radical (unpaired) electrons. The maximum atomic E-state index is 12.3. The summed E-state index contributed by atoms with van der Waals surface area (Å²) in [5.41, 5.74) is 4.17. The molecule has 0 aliphatic carbocycles. The fourth-order valence-electron chi connectivity index (χ4n) is 3.38. The van der Waals surface area contributed by atoms with E-state index in [-0.39, 0.29) is 6.54 Å². The number of amides is 3. The van der Waals surface area contributed by atoms with Gasteiger partial charge in [0, 0.05) is 6.54 Å². The van der Waals surface area contributed by atoms with Crippen LogP contribution in [-0.2, 0) is 33.2 Å². The Balaban J connectivity index is 1.64. The smallest absolute Gasteiger partial charge is 0.421 e. The van der Waals surface area contributed by atoms with Gasteiger partial charge in [0.05, 0.1) is 24.7 Å². The number of rotatable bonds is 6. The maximum Gasteiger partial charge on any atom is 0.421 e. The van der Waals surface area contributed by atoms with Gasteiger partial charge >= 0.3 is 22.4 Å². The third-order valence-corrected chi connectivity index (χ3v) is 5.69. The molecule has 3 amide bonds. The van der Waals surface area contributed by atoms with E-state index in [0.29, 0.717) is 37.4 Å². The van der Waals surface area contributed by atoms with Crippen LogP contribution in [0.15, 0.2) is 0 Å². The minimum atomic E-state index is -4.58. The van der Waals surface area contributed by atoms with Crippen molar-refractivity contribution in [2.75, 3.05) is 19.8 Å². The van der Waals surface area contributed by atoms with Crippen molar-refractivity contribution in [3.8, 4) is 0 Å². The number of ether oxygens (including phenoxy) is 1. The third kappa shape index (κ3) is 3.48. The SMILES string of the molecule is CC1(COS(=O)(=O)ON2C(=O)N3CC2CCC3C(N)=O)CCCOC1=O. The second-order valence-corrected chi connectivity index (χ2v) is 8.16. The first-order valence-corrected chi connectivity index (χ1v) is 9.62. The molecule has 3 heterocycles. The number of hydroxylamine groups is 2. The van der Waals surface area contributed by atoms with Crippen molar-refractivity contribution in [2.45, 2.75) is 44.7 Å². The van der Waals surface area contributed by atoms with E-state index >= 15 is 0 Å². The van der Waals surface area contributed by atoms with Crippen LogP contribution in [0.3, 0.4) is 0 Å². The molecule has 146 valence electrons. The third-order valence-electron chi connectivity index (χ3n) is 4.94. The zero-order valence-electron chi connectivity index (χ0n) is 14.3. The topological polar surface area (TPSA) is 146 Å². The summed E-state index contributed by atoms with van der Waals surface area (Å²) in [6.07, 6.45) is 1.72. The summed E-state index contributed by atoms with van der Waals surface area (Å²) in [7, 11) is -4.58. The van der Waals surface area contributed by atoms with Gasteiger partial charge in [-0.1, -0.05) is 0 Å². The molecule has 11 nitrogen and oxygen atoms in total. The van der Waals surface area contributed by atoms with Crippen molar-refractivity contribution in [3.05, 3.63) is 0 Å².